The number of carbonyl (C=O) groups is 1. The van der Waals surface area contributed by atoms with E-state index in [9.17, 15) is 14.0 Å². The highest BCUT2D eigenvalue weighted by atomic mass is 19.1. The largest absolute Gasteiger partial charge is 0.439 e. The minimum atomic E-state index is -0.709. The molecule has 0 radical (unpaired) electrons. The predicted octanol–water partition coefficient (Wildman–Crippen LogP) is 1.12. The Balaban J connectivity index is 1.26. The zero-order valence-corrected chi connectivity index (χ0v) is 16.3. The first kappa shape index (κ1) is 18.5. The average molecular weight is 413 g/mol. The molecule has 1 saturated carbocycles. The van der Waals surface area contributed by atoms with E-state index < -0.39 is 11.6 Å². The van der Waals surface area contributed by atoms with Crippen molar-refractivity contribution in [3.63, 3.8) is 0 Å². The SMILES string of the molecule is CN(CC(=O)N1CCn2c(nnc2C2CC2)C1)c1ccc(-c2noc(=O)[nH]2)cc1F. The number of nitrogens with one attached hydrogen (secondary N) is 1. The number of likely N-dealkylation sites (N-methyl/N-ethyl adjacent to an activating group) is 1. The summed E-state index contributed by atoms with van der Waals surface area (Å²) in [6.07, 6.45) is 2.31. The zero-order valence-electron chi connectivity index (χ0n) is 16.3. The number of hydrogen-bond donors (Lipinski definition) is 1. The molecule has 10 nitrogen and oxygen atoms in total. The molecule has 0 unspecified atom stereocenters. The lowest BCUT2D eigenvalue weighted by atomic mass is 10.1. The lowest BCUT2D eigenvalue weighted by Gasteiger charge is -2.30. The number of rotatable bonds is 5. The molecule has 3 aromatic rings. The molecular formula is C19H20FN7O3. The van der Waals surface area contributed by atoms with Crippen LogP contribution in [0.1, 0.15) is 30.4 Å². The van der Waals surface area contributed by atoms with Crippen molar-refractivity contribution in [1.29, 1.82) is 0 Å². The number of amides is 1. The maximum Gasteiger partial charge on any atom is 0.439 e. The predicted molar refractivity (Wildman–Crippen MR) is 103 cm³/mol. The maximum atomic E-state index is 14.6. The van der Waals surface area contributed by atoms with Crippen molar-refractivity contribution in [2.24, 2.45) is 0 Å². The van der Waals surface area contributed by atoms with Gasteiger partial charge in [-0.05, 0) is 31.0 Å². The third kappa shape index (κ3) is 3.36. The molecule has 1 amide bonds. The van der Waals surface area contributed by atoms with Gasteiger partial charge in [0.25, 0.3) is 0 Å². The highest BCUT2D eigenvalue weighted by Crippen LogP contribution is 2.39. The number of H-pyrrole nitrogens is 1. The number of aromatic amines is 1. The molecule has 11 heteroatoms. The summed E-state index contributed by atoms with van der Waals surface area (Å²) in [5.41, 5.74) is 0.651. The third-order valence-corrected chi connectivity index (χ3v) is 5.52. The Bertz CT molecular complexity index is 1160. The van der Waals surface area contributed by atoms with E-state index in [1.165, 1.54) is 6.07 Å². The molecule has 1 aliphatic heterocycles. The summed E-state index contributed by atoms with van der Waals surface area (Å²) in [5.74, 6) is 1.15. The van der Waals surface area contributed by atoms with Gasteiger partial charge in [0.15, 0.2) is 11.6 Å². The van der Waals surface area contributed by atoms with Gasteiger partial charge in [0.2, 0.25) is 5.91 Å². The molecule has 1 aromatic carbocycles. The molecule has 5 rings (SSSR count). The van der Waals surface area contributed by atoms with Crippen LogP contribution in [0.2, 0.25) is 0 Å². The minimum Gasteiger partial charge on any atom is -0.363 e. The smallest absolute Gasteiger partial charge is 0.363 e. The van der Waals surface area contributed by atoms with Crippen LogP contribution in [0.4, 0.5) is 10.1 Å². The standard InChI is InChI=1S/C19H20FN7O3/c1-25(14-5-4-12(8-13(14)20)17-21-19(29)30-24-17)10-16(28)26-6-7-27-15(9-26)22-23-18(27)11-2-3-11/h4-5,8,11H,2-3,6-7,9-10H2,1H3,(H,21,24,29). The molecule has 156 valence electrons. The van der Waals surface area contributed by atoms with Crippen molar-refractivity contribution in [3.8, 4) is 11.4 Å². The normalized spacial score (nSPS) is 15.9. The van der Waals surface area contributed by atoms with E-state index in [4.69, 9.17) is 0 Å². The third-order valence-electron chi connectivity index (χ3n) is 5.52. The second kappa shape index (κ2) is 7.08. The molecule has 2 aliphatic rings. The van der Waals surface area contributed by atoms with E-state index in [1.807, 2.05) is 0 Å². The molecule has 1 N–H and O–H groups in total. The monoisotopic (exact) mass is 413 g/mol. The number of hydrogen-bond acceptors (Lipinski definition) is 7. The second-order valence-electron chi connectivity index (χ2n) is 7.68. The molecule has 1 fully saturated rings. The van der Waals surface area contributed by atoms with Gasteiger partial charge in [-0.25, -0.2) is 9.18 Å². The maximum absolute atomic E-state index is 14.6. The number of nitrogens with zero attached hydrogens (tertiary/aromatic N) is 6. The molecule has 2 aromatic heterocycles. The molecule has 0 bridgehead atoms. The first-order chi connectivity index (χ1) is 14.5. The Hall–Kier alpha value is -3.50. The molecule has 1 aliphatic carbocycles. The van der Waals surface area contributed by atoms with Crippen molar-refractivity contribution in [1.82, 2.24) is 29.8 Å². The number of benzene rings is 1. The Labute approximate surface area is 170 Å². The summed E-state index contributed by atoms with van der Waals surface area (Å²) < 4.78 is 21.2. The molecule has 3 heterocycles. The molecule has 30 heavy (non-hydrogen) atoms. The Morgan fingerprint density at radius 3 is 2.87 bits per heavy atom. The van der Waals surface area contributed by atoms with E-state index in [0.29, 0.717) is 31.1 Å². The van der Waals surface area contributed by atoms with Gasteiger partial charge >= 0.3 is 5.76 Å². The molecule has 0 saturated heterocycles. The first-order valence-electron chi connectivity index (χ1n) is 9.76. The van der Waals surface area contributed by atoms with Crippen molar-refractivity contribution in [2.75, 3.05) is 25.0 Å². The van der Waals surface area contributed by atoms with Crippen LogP contribution in [-0.2, 0) is 17.9 Å². The summed E-state index contributed by atoms with van der Waals surface area (Å²) in [6.45, 7) is 1.70. The number of halogens is 1. The van der Waals surface area contributed by atoms with Crippen LogP contribution in [0, 0.1) is 5.82 Å². The van der Waals surface area contributed by atoms with Crippen LogP contribution in [-0.4, -0.2) is 55.8 Å². The lowest BCUT2D eigenvalue weighted by Crippen LogP contribution is -2.43. The summed E-state index contributed by atoms with van der Waals surface area (Å²) >= 11 is 0. The van der Waals surface area contributed by atoms with Crippen LogP contribution in [0.25, 0.3) is 11.4 Å². The van der Waals surface area contributed by atoms with E-state index in [1.54, 1.807) is 29.0 Å². The molecule has 0 atom stereocenters. The Morgan fingerprint density at radius 1 is 1.33 bits per heavy atom. The number of aromatic nitrogens is 5. The summed E-state index contributed by atoms with van der Waals surface area (Å²) in [7, 11) is 1.66. The summed E-state index contributed by atoms with van der Waals surface area (Å²) in [5, 5.41) is 12.1. The van der Waals surface area contributed by atoms with E-state index in [0.717, 1.165) is 24.5 Å². The van der Waals surface area contributed by atoms with Crippen molar-refractivity contribution < 1.29 is 13.7 Å². The van der Waals surface area contributed by atoms with Gasteiger partial charge in [-0.15, -0.1) is 10.2 Å². The second-order valence-corrected chi connectivity index (χ2v) is 7.68. The highest BCUT2D eigenvalue weighted by molar-refractivity contribution is 5.81. The van der Waals surface area contributed by atoms with E-state index in [2.05, 4.69) is 29.4 Å². The number of fused-ring (bicyclic) bond motifs is 1. The van der Waals surface area contributed by atoms with Crippen LogP contribution in [0.3, 0.4) is 0 Å². The fourth-order valence-electron chi connectivity index (χ4n) is 3.74. The van der Waals surface area contributed by atoms with Crippen LogP contribution >= 0.6 is 0 Å². The van der Waals surface area contributed by atoms with Crippen LogP contribution in [0.5, 0.6) is 0 Å². The first-order valence-corrected chi connectivity index (χ1v) is 9.76. The van der Waals surface area contributed by atoms with Gasteiger partial charge in [0, 0.05) is 31.6 Å². The van der Waals surface area contributed by atoms with Gasteiger partial charge in [-0.1, -0.05) is 5.16 Å². The zero-order chi connectivity index (χ0) is 20.8. The van der Waals surface area contributed by atoms with Crippen molar-refractivity contribution >= 4 is 11.6 Å². The van der Waals surface area contributed by atoms with Crippen molar-refractivity contribution in [3.05, 3.63) is 46.2 Å². The summed E-state index contributed by atoms with van der Waals surface area (Å²) in [6, 6.07) is 4.39. The Morgan fingerprint density at radius 2 is 2.17 bits per heavy atom. The summed E-state index contributed by atoms with van der Waals surface area (Å²) in [4.78, 5) is 29.5. The van der Waals surface area contributed by atoms with Gasteiger partial charge in [0.1, 0.15) is 11.6 Å². The van der Waals surface area contributed by atoms with Gasteiger partial charge < -0.3 is 14.4 Å². The van der Waals surface area contributed by atoms with Crippen molar-refractivity contribution in [2.45, 2.75) is 31.8 Å². The van der Waals surface area contributed by atoms with E-state index >= 15 is 0 Å². The van der Waals surface area contributed by atoms with Crippen LogP contribution in [0.15, 0.2) is 27.5 Å². The fourth-order valence-corrected chi connectivity index (χ4v) is 3.74. The Kier molecular flexibility index (Phi) is 4.37. The van der Waals surface area contributed by atoms with Crippen LogP contribution < -0.4 is 10.7 Å². The van der Waals surface area contributed by atoms with Gasteiger partial charge in [0.05, 0.1) is 18.8 Å². The molecule has 0 spiro atoms. The quantitative estimate of drug-likeness (QED) is 0.667. The minimum absolute atomic E-state index is 0.0285. The van der Waals surface area contributed by atoms with Gasteiger partial charge in [-0.2, -0.15) is 0 Å². The number of anilines is 1. The molecular weight excluding hydrogens is 393 g/mol. The topological polar surface area (TPSA) is 113 Å². The fraction of sp³-hybridized carbons (Fsp3) is 0.421. The highest BCUT2D eigenvalue weighted by Gasteiger charge is 2.33. The average Bonchev–Trinajstić information content (AvgIpc) is 3.34. The lowest BCUT2D eigenvalue weighted by molar-refractivity contribution is -0.131. The number of carbonyl (C=O) groups excluding carboxylic acids is 1. The van der Waals surface area contributed by atoms with E-state index in [-0.39, 0.29) is 24.0 Å². The van der Waals surface area contributed by atoms with Gasteiger partial charge in [-0.3, -0.25) is 14.3 Å².